The van der Waals surface area contributed by atoms with Gasteiger partial charge >= 0.3 is 0 Å². The molecule has 32 heavy (non-hydrogen) atoms. The summed E-state index contributed by atoms with van der Waals surface area (Å²) in [6.45, 7) is 4.25. The largest absolute Gasteiger partial charge is 0.352 e. The van der Waals surface area contributed by atoms with Crippen LogP contribution in [0.4, 0.5) is 15.8 Å². The van der Waals surface area contributed by atoms with E-state index in [1.54, 1.807) is 19.9 Å². The van der Waals surface area contributed by atoms with Crippen molar-refractivity contribution in [3.8, 4) is 0 Å². The van der Waals surface area contributed by atoms with Gasteiger partial charge in [0.15, 0.2) is 5.79 Å². The Kier molecular flexibility index (Phi) is 5.36. The number of hydroxylamine groups is 1. The van der Waals surface area contributed by atoms with E-state index in [1.165, 1.54) is 22.8 Å². The van der Waals surface area contributed by atoms with Gasteiger partial charge in [0.25, 0.3) is 11.5 Å². The van der Waals surface area contributed by atoms with Gasteiger partial charge in [-0.1, -0.05) is 15.9 Å². The van der Waals surface area contributed by atoms with Crippen molar-refractivity contribution in [1.82, 2.24) is 10.0 Å². The Labute approximate surface area is 192 Å². The van der Waals surface area contributed by atoms with Gasteiger partial charge < -0.3 is 19.4 Å². The van der Waals surface area contributed by atoms with Crippen molar-refractivity contribution in [3.63, 3.8) is 0 Å². The number of nitrogens with one attached hydrogen (secondary N) is 2. The minimum absolute atomic E-state index is 0.129. The molecule has 2 N–H and O–H groups in total. The Morgan fingerprint density at radius 3 is 2.78 bits per heavy atom. The van der Waals surface area contributed by atoms with Crippen LogP contribution in [-0.4, -0.2) is 29.0 Å². The number of anilines is 2. The second-order valence-electron chi connectivity index (χ2n) is 8.80. The van der Waals surface area contributed by atoms with Gasteiger partial charge in [-0.25, -0.2) is 9.87 Å². The van der Waals surface area contributed by atoms with E-state index in [0.717, 1.165) is 12.8 Å². The normalized spacial score (nSPS) is 23.0. The molecule has 3 heterocycles. The number of carbonyl (C=O) groups excluding carboxylic acids is 1. The number of benzene rings is 1. The van der Waals surface area contributed by atoms with E-state index in [9.17, 15) is 14.0 Å². The lowest BCUT2D eigenvalue weighted by Crippen LogP contribution is -2.32. The third kappa shape index (κ3) is 4.07. The number of fused-ring (bicyclic) bond motifs is 3. The maximum Gasteiger partial charge on any atom is 0.278 e. The molecule has 0 radical (unpaired) electrons. The number of rotatable bonds is 6. The molecule has 0 spiro atoms. The minimum Gasteiger partial charge on any atom is -0.352 e. The van der Waals surface area contributed by atoms with Gasteiger partial charge in [0.2, 0.25) is 0 Å². The van der Waals surface area contributed by atoms with Crippen molar-refractivity contribution in [2.75, 3.05) is 11.9 Å². The number of hydrogen-bond acceptors (Lipinski definition) is 6. The topological polar surface area (TPSA) is 90.8 Å². The van der Waals surface area contributed by atoms with E-state index in [0.29, 0.717) is 22.7 Å². The molecule has 2 fully saturated rings. The fourth-order valence-electron chi connectivity index (χ4n) is 4.16. The Morgan fingerprint density at radius 1 is 1.28 bits per heavy atom. The third-order valence-corrected chi connectivity index (χ3v) is 6.27. The summed E-state index contributed by atoms with van der Waals surface area (Å²) in [6, 6.07) is 5.77. The van der Waals surface area contributed by atoms with Crippen LogP contribution in [0.25, 0.3) is 0 Å². The standard InChI is InChI=1S/C22H23BrFN3O5/c1-22(2)31-16-9-27-17(28)8-15(25-14-6-5-12(23)7-13(14)24)18(19(27)20(16)32-22)21(29)26-30-10-11-3-4-11/h5-8,11,16,20,25H,3-4,9-10H2,1-2H3,(H,26,29)/t16-,20-/m1/s1. The van der Waals surface area contributed by atoms with E-state index >= 15 is 0 Å². The predicted molar refractivity (Wildman–Crippen MR) is 117 cm³/mol. The lowest BCUT2D eigenvalue weighted by molar-refractivity contribution is -0.151. The first-order chi connectivity index (χ1) is 15.2. The van der Waals surface area contributed by atoms with Crippen molar-refractivity contribution in [2.24, 2.45) is 5.92 Å². The zero-order valence-electron chi connectivity index (χ0n) is 17.6. The highest BCUT2D eigenvalue weighted by Gasteiger charge is 2.49. The first-order valence-corrected chi connectivity index (χ1v) is 11.3. The van der Waals surface area contributed by atoms with Crippen LogP contribution in [0.5, 0.6) is 0 Å². The average Bonchev–Trinajstić information content (AvgIpc) is 3.40. The van der Waals surface area contributed by atoms with Crippen molar-refractivity contribution < 1.29 is 23.5 Å². The predicted octanol–water partition coefficient (Wildman–Crippen LogP) is 3.77. The van der Waals surface area contributed by atoms with Crippen molar-refractivity contribution in [2.45, 2.75) is 51.2 Å². The summed E-state index contributed by atoms with van der Waals surface area (Å²) in [5.74, 6) is -1.47. The minimum atomic E-state index is -0.853. The van der Waals surface area contributed by atoms with Crippen LogP contribution >= 0.6 is 15.9 Å². The molecule has 8 nitrogen and oxygen atoms in total. The van der Waals surface area contributed by atoms with Gasteiger partial charge in [-0.2, -0.15) is 0 Å². The van der Waals surface area contributed by atoms with Gasteiger partial charge in [0.05, 0.1) is 35.8 Å². The van der Waals surface area contributed by atoms with Gasteiger partial charge in [-0.3, -0.25) is 14.4 Å². The number of aromatic nitrogens is 1. The van der Waals surface area contributed by atoms with E-state index in [4.69, 9.17) is 14.3 Å². The second-order valence-corrected chi connectivity index (χ2v) is 9.71. The molecular weight excluding hydrogens is 485 g/mol. The molecule has 0 unspecified atom stereocenters. The molecule has 2 aliphatic heterocycles. The molecule has 1 amide bonds. The molecule has 5 rings (SSSR count). The molecule has 1 saturated heterocycles. The zero-order valence-corrected chi connectivity index (χ0v) is 19.2. The maximum atomic E-state index is 14.5. The highest BCUT2D eigenvalue weighted by atomic mass is 79.9. The van der Waals surface area contributed by atoms with Crippen LogP contribution in [0.2, 0.25) is 0 Å². The molecule has 3 aliphatic rings. The van der Waals surface area contributed by atoms with Crippen LogP contribution in [0.15, 0.2) is 33.5 Å². The van der Waals surface area contributed by atoms with Crippen molar-refractivity contribution in [3.05, 3.63) is 56.2 Å². The monoisotopic (exact) mass is 507 g/mol. The van der Waals surface area contributed by atoms with Gasteiger partial charge in [-0.05, 0) is 50.8 Å². The molecule has 1 aromatic heterocycles. The van der Waals surface area contributed by atoms with Gasteiger partial charge in [-0.15, -0.1) is 0 Å². The number of hydrogen-bond donors (Lipinski definition) is 2. The van der Waals surface area contributed by atoms with Crippen LogP contribution in [-0.2, 0) is 20.9 Å². The van der Waals surface area contributed by atoms with Crippen LogP contribution in [0.3, 0.4) is 0 Å². The summed E-state index contributed by atoms with van der Waals surface area (Å²) < 4.78 is 28.5. The molecule has 1 saturated carbocycles. The SMILES string of the molecule is CC1(C)O[C@@H]2Cn3c(c(C(=O)NOCC4CC4)c(Nc4ccc(Br)cc4F)cc3=O)[C@@H]2O1. The summed E-state index contributed by atoms with van der Waals surface area (Å²) >= 11 is 3.23. The lowest BCUT2D eigenvalue weighted by atomic mass is 10.1. The number of nitrogens with zero attached hydrogens (tertiary/aromatic N) is 1. The number of halogens is 2. The highest BCUT2D eigenvalue weighted by Crippen LogP contribution is 2.45. The molecule has 170 valence electrons. The van der Waals surface area contributed by atoms with E-state index in [1.807, 2.05) is 0 Å². The highest BCUT2D eigenvalue weighted by molar-refractivity contribution is 9.10. The number of amides is 1. The zero-order chi connectivity index (χ0) is 22.6. The quantitative estimate of drug-likeness (QED) is 0.578. The fraction of sp³-hybridized carbons (Fsp3) is 0.455. The Balaban J connectivity index is 1.56. The molecule has 1 aliphatic carbocycles. The molecular formula is C22H23BrFN3O5. The van der Waals surface area contributed by atoms with E-state index < -0.39 is 29.7 Å². The summed E-state index contributed by atoms with van der Waals surface area (Å²) in [5, 5.41) is 2.91. The Bertz CT molecular complexity index is 1150. The van der Waals surface area contributed by atoms with Crippen LogP contribution in [0, 0.1) is 11.7 Å². The first kappa shape index (κ1) is 21.6. The second kappa shape index (κ2) is 7.95. The molecule has 0 bridgehead atoms. The van der Waals surface area contributed by atoms with E-state index in [-0.39, 0.29) is 29.0 Å². The Hall–Kier alpha value is -2.27. The molecule has 1 aromatic carbocycles. The van der Waals surface area contributed by atoms with Crippen LogP contribution < -0.4 is 16.4 Å². The fourth-order valence-corrected chi connectivity index (χ4v) is 4.50. The summed E-state index contributed by atoms with van der Waals surface area (Å²) in [6.07, 6.45) is 1.13. The summed E-state index contributed by atoms with van der Waals surface area (Å²) in [5.41, 5.74) is 2.99. The Morgan fingerprint density at radius 2 is 2.06 bits per heavy atom. The molecule has 2 aromatic rings. The molecule has 2 atom stereocenters. The van der Waals surface area contributed by atoms with E-state index in [2.05, 4.69) is 26.7 Å². The summed E-state index contributed by atoms with van der Waals surface area (Å²) in [7, 11) is 0. The summed E-state index contributed by atoms with van der Waals surface area (Å²) in [4.78, 5) is 31.5. The third-order valence-electron chi connectivity index (χ3n) is 5.77. The first-order valence-electron chi connectivity index (χ1n) is 10.5. The van der Waals surface area contributed by atoms with Crippen LogP contribution in [0.1, 0.15) is 48.8 Å². The van der Waals surface area contributed by atoms with Gasteiger partial charge in [0.1, 0.15) is 18.0 Å². The van der Waals surface area contributed by atoms with Gasteiger partial charge in [0, 0.05) is 10.5 Å². The number of ether oxygens (including phenoxy) is 2. The smallest absolute Gasteiger partial charge is 0.278 e. The van der Waals surface area contributed by atoms with Crippen molar-refractivity contribution in [1.29, 1.82) is 0 Å². The van der Waals surface area contributed by atoms with Crippen molar-refractivity contribution >= 4 is 33.2 Å². The number of pyridine rings is 1. The lowest BCUT2D eigenvalue weighted by Gasteiger charge is -2.22. The maximum absolute atomic E-state index is 14.5. The molecule has 10 heteroatoms. The average molecular weight is 508 g/mol. The number of carbonyl (C=O) groups is 1.